The summed E-state index contributed by atoms with van der Waals surface area (Å²) in [5.41, 5.74) is 5.31. The molecule has 1 amide bonds. The standard InChI is InChI=1S/C15H22N2O2S/c1-12(7-10-20-13-5-3-2-4-6-13)17-8-9-19-14(11-17)15(16)18/h2-6,12,14H,7-11H2,1H3,(H2,16,18)/t12-,14-/m0/s1. The fourth-order valence-electron chi connectivity index (χ4n) is 2.29. The van der Waals surface area contributed by atoms with Crippen molar-refractivity contribution in [3.63, 3.8) is 0 Å². The van der Waals surface area contributed by atoms with Gasteiger partial charge in [-0.2, -0.15) is 0 Å². The number of amides is 1. The highest BCUT2D eigenvalue weighted by Gasteiger charge is 2.27. The van der Waals surface area contributed by atoms with Gasteiger partial charge in [0.05, 0.1) is 6.61 Å². The van der Waals surface area contributed by atoms with Crippen molar-refractivity contribution >= 4 is 17.7 Å². The minimum absolute atomic E-state index is 0.361. The lowest BCUT2D eigenvalue weighted by molar-refractivity contribution is -0.136. The summed E-state index contributed by atoms with van der Waals surface area (Å²) >= 11 is 1.87. The Morgan fingerprint density at radius 3 is 2.95 bits per heavy atom. The molecule has 5 heteroatoms. The Labute approximate surface area is 124 Å². The molecule has 1 heterocycles. The van der Waals surface area contributed by atoms with Gasteiger partial charge >= 0.3 is 0 Å². The van der Waals surface area contributed by atoms with E-state index in [0.717, 1.165) is 18.7 Å². The summed E-state index contributed by atoms with van der Waals surface area (Å²) in [7, 11) is 0. The smallest absolute Gasteiger partial charge is 0.247 e. The number of hydrogen-bond acceptors (Lipinski definition) is 4. The zero-order valence-electron chi connectivity index (χ0n) is 11.8. The highest BCUT2D eigenvalue weighted by atomic mass is 32.2. The van der Waals surface area contributed by atoms with Crippen molar-refractivity contribution in [3.8, 4) is 0 Å². The Bertz CT molecular complexity index is 427. The first-order valence-electron chi connectivity index (χ1n) is 6.99. The maximum absolute atomic E-state index is 11.2. The number of ether oxygens (including phenoxy) is 1. The van der Waals surface area contributed by atoms with E-state index in [1.165, 1.54) is 4.90 Å². The third kappa shape index (κ3) is 4.51. The van der Waals surface area contributed by atoms with Gasteiger partial charge in [0.2, 0.25) is 5.91 Å². The molecule has 2 N–H and O–H groups in total. The number of hydrogen-bond donors (Lipinski definition) is 1. The number of morpholine rings is 1. The van der Waals surface area contributed by atoms with Crippen LogP contribution in [0, 0.1) is 0 Å². The Balaban J connectivity index is 1.74. The van der Waals surface area contributed by atoms with Crippen LogP contribution >= 0.6 is 11.8 Å². The molecule has 110 valence electrons. The molecule has 0 radical (unpaired) electrons. The summed E-state index contributed by atoms with van der Waals surface area (Å²) in [6.45, 7) is 4.28. The number of benzene rings is 1. The zero-order valence-corrected chi connectivity index (χ0v) is 12.6. The third-order valence-electron chi connectivity index (χ3n) is 3.59. The van der Waals surface area contributed by atoms with Crippen molar-refractivity contribution < 1.29 is 9.53 Å². The van der Waals surface area contributed by atoms with Crippen molar-refractivity contribution in [2.75, 3.05) is 25.4 Å². The van der Waals surface area contributed by atoms with Crippen molar-refractivity contribution in [3.05, 3.63) is 30.3 Å². The molecular weight excluding hydrogens is 272 g/mol. The fraction of sp³-hybridized carbons (Fsp3) is 0.533. The zero-order chi connectivity index (χ0) is 14.4. The molecule has 0 bridgehead atoms. The van der Waals surface area contributed by atoms with Gasteiger partial charge in [0, 0.05) is 24.0 Å². The van der Waals surface area contributed by atoms with Crippen LogP contribution in [-0.4, -0.2) is 48.4 Å². The van der Waals surface area contributed by atoms with Crippen molar-refractivity contribution in [1.82, 2.24) is 4.90 Å². The fourth-order valence-corrected chi connectivity index (χ4v) is 3.33. The molecule has 2 rings (SSSR count). The van der Waals surface area contributed by atoms with E-state index in [0.29, 0.717) is 19.2 Å². The van der Waals surface area contributed by atoms with Gasteiger partial charge in [0.25, 0.3) is 0 Å². The molecule has 1 fully saturated rings. The summed E-state index contributed by atoms with van der Waals surface area (Å²) in [6, 6.07) is 10.9. The van der Waals surface area contributed by atoms with E-state index in [-0.39, 0.29) is 5.91 Å². The molecular formula is C15H22N2O2S. The van der Waals surface area contributed by atoms with E-state index in [9.17, 15) is 4.79 Å². The van der Waals surface area contributed by atoms with Crippen molar-refractivity contribution in [2.45, 2.75) is 30.4 Å². The van der Waals surface area contributed by atoms with E-state index in [2.05, 4.69) is 36.1 Å². The molecule has 1 aromatic rings. The molecule has 1 aromatic carbocycles. The molecule has 2 atom stereocenters. The van der Waals surface area contributed by atoms with Gasteiger partial charge in [-0.3, -0.25) is 9.69 Å². The van der Waals surface area contributed by atoms with E-state index in [4.69, 9.17) is 10.5 Å². The minimum atomic E-state index is -0.451. The summed E-state index contributed by atoms with van der Waals surface area (Å²) in [4.78, 5) is 14.8. The number of rotatable bonds is 6. The number of carbonyl (C=O) groups excluding carboxylic acids is 1. The number of carbonyl (C=O) groups is 1. The van der Waals surface area contributed by atoms with Crippen LogP contribution < -0.4 is 5.73 Å². The molecule has 20 heavy (non-hydrogen) atoms. The predicted octanol–water partition coefficient (Wildman–Crippen LogP) is 1.74. The van der Waals surface area contributed by atoms with E-state index in [1.807, 2.05) is 17.8 Å². The minimum Gasteiger partial charge on any atom is -0.367 e. The molecule has 0 unspecified atom stereocenters. The normalized spacial score (nSPS) is 21.6. The predicted molar refractivity (Wildman–Crippen MR) is 81.8 cm³/mol. The van der Waals surface area contributed by atoms with Gasteiger partial charge in [-0.1, -0.05) is 18.2 Å². The first-order chi connectivity index (χ1) is 9.66. The van der Waals surface area contributed by atoms with E-state index < -0.39 is 6.10 Å². The summed E-state index contributed by atoms with van der Waals surface area (Å²) in [5.74, 6) is 0.713. The first kappa shape index (κ1) is 15.4. The Morgan fingerprint density at radius 2 is 2.25 bits per heavy atom. The van der Waals surface area contributed by atoms with Gasteiger partial charge in [0.15, 0.2) is 0 Å². The maximum atomic E-state index is 11.2. The molecule has 1 aliphatic heterocycles. The van der Waals surface area contributed by atoms with Gasteiger partial charge in [-0.05, 0) is 31.2 Å². The van der Waals surface area contributed by atoms with Crippen LogP contribution in [0.5, 0.6) is 0 Å². The van der Waals surface area contributed by atoms with Crippen LogP contribution in [0.3, 0.4) is 0 Å². The maximum Gasteiger partial charge on any atom is 0.247 e. The molecule has 4 nitrogen and oxygen atoms in total. The first-order valence-corrected chi connectivity index (χ1v) is 7.98. The monoisotopic (exact) mass is 294 g/mol. The molecule has 1 aliphatic rings. The van der Waals surface area contributed by atoms with Gasteiger partial charge < -0.3 is 10.5 Å². The molecule has 0 aromatic heterocycles. The third-order valence-corrected chi connectivity index (χ3v) is 4.63. The van der Waals surface area contributed by atoms with E-state index in [1.54, 1.807) is 0 Å². The summed E-state index contributed by atoms with van der Waals surface area (Å²) < 4.78 is 5.37. The second-order valence-electron chi connectivity index (χ2n) is 5.06. The van der Waals surface area contributed by atoms with Crippen LogP contribution in [0.2, 0.25) is 0 Å². The summed E-state index contributed by atoms with van der Waals surface area (Å²) in [5, 5.41) is 0. The lowest BCUT2D eigenvalue weighted by Crippen LogP contribution is -2.51. The molecule has 1 saturated heterocycles. The Kier molecular flexibility index (Phi) is 5.88. The van der Waals surface area contributed by atoms with Crippen molar-refractivity contribution in [1.29, 1.82) is 0 Å². The molecule has 0 spiro atoms. The summed E-state index contributed by atoms with van der Waals surface area (Å²) in [6.07, 6.45) is 0.637. The Morgan fingerprint density at radius 1 is 1.50 bits per heavy atom. The lowest BCUT2D eigenvalue weighted by Gasteiger charge is -2.35. The Hall–Kier alpha value is -1.04. The second-order valence-corrected chi connectivity index (χ2v) is 6.22. The number of nitrogens with two attached hydrogens (primary N) is 1. The quantitative estimate of drug-likeness (QED) is 0.812. The highest BCUT2D eigenvalue weighted by molar-refractivity contribution is 7.99. The van der Waals surface area contributed by atoms with Gasteiger partial charge in [-0.25, -0.2) is 0 Å². The average molecular weight is 294 g/mol. The molecule has 0 aliphatic carbocycles. The largest absolute Gasteiger partial charge is 0.367 e. The SMILES string of the molecule is C[C@@H](CCSc1ccccc1)N1CCO[C@H](C(N)=O)C1. The van der Waals surface area contributed by atoms with Gasteiger partial charge in [0.1, 0.15) is 6.10 Å². The van der Waals surface area contributed by atoms with Crippen LogP contribution in [0.25, 0.3) is 0 Å². The second kappa shape index (κ2) is 7.67. The van der Waals surface area contributed by atoms with Crippen LogP contribution in [0.4, 0.5) is 0 Å². The van der Waals surface area contributed by atoms with Crippen molar-refractivity contribution in [2.24, 2.45) is 5.73 Å². The van der Waals surface area contributed by atoms with Crippen LogP contribution in [-0.2, 0) is 9.53 Å². The average Bonchev–Trinajstić information content (AvgIpc) is 2.48. The highest BCUT2D eigenvalue weighted by Crippen LogP contribution is 2.20. The molecule has 0 saturated carbocycles. The number of thioether (sulfide) groups is 1. The number of nitrogens with zero attached hydrogens (tertiary/aromatic N) is 1. The van der Waals surface area contributed by atoms with Gasteiger partial charge in [-0.15, -0.1) is 11.8 Å². The topological polar surface area (TPSA) is 55.6 Å². The number of primary amides is 1. The van der Waals surface area contributed by atoms with E-state index >= 15 is 0 Å². The van der Waals surface area contributed by atoms with Crippen LogP contribution in [0.1, 0.15) is 13.3 Å². The van der Waals surface area contributed by atoms with Crippen LogP contribution in [0.15, 0.2) is 35.2 Å². The lowest BCUT2D eigenvalue weighted by atomic mass is 10.1.